The lowest BCUT2D eigenvalue weighted by molar-refractivity contribution is 0.101. The van der Waals surface area contributed by atoms with E-state index in [9.17, 15) is 13.2 Å². The van der Waals surface area contributed by atoms with Crippen molar-refractivity contribution in [1.82, 2.24) is 4.31 Å². The van der Waals surface area contributed by atoms with Gasteiger partial charge in [-0.25, -0.2) is 8.42 Å². The fraction of sp³-hybridized carbons (Fsp3) is 0.316. The number of piperidine rings is 1. The Morgan fingerprint density at radius 2 is 1.58 bits per heavy atom. The average molecular weight is 437 g/mol. The van der Waals surface area contributed by atoms with E-state index >= 15 is 0 Å². The Morgan fingerprint density at radius 3 is 2.19 bits per heavy atom. The second kappa shape index (κ2) is 8.33. The van der Waals surface area contributed by atoms with Crippen LogP contribution in [-0.4, -0.2) is 38.1 Å². The van der Waals surface area contributed by atoms with Gasteiger partial charge in [0.05, 0.1) is 11.4 Å². The number of anilines is 1. The third-order valence-electron chi connectivity index (χ3n) is 4.43. The Morgan fingerprint density at radius 1 is 0.962 bits per heavy atom. The van der Waals surface area contributed by atoms with Crippen LogP contribution in [0.4, 0.5) is 5.69 Å². The predicted molar refractivity (Wildman–Crippen MR) is 106 cm³/mol. The number of hydrogen-bond donors (Lipinski definition) is 1. The van der Waals surface area contributed by atoms with Crippen molar-refractivity contribution in [2.75, 3.05) is 25.0 Å². The fourth-order valence-corrected chi connectivity index (χ4v) is 4.70. The Hall–Kier alpha value is -1.70. The molecule has 0 amide bonds. The quantitative estimate of drug-likeness (QED) is 0.696. The molecule has 2 aromatic rings. The molecule has 0 unspecified atom stereocenters. The number of nitrogens with zero attached hydrogens (tertiary/aromatic N) is 1. The smallest absolute Gasteiger partial charge is 0.243 e. The summed E-state index contributed by atoms with van der Waals surface area (Å²) in [7, 11) is -3.42. The number of carbonyl (C=O) groups is 1. The summed E-state index contributed by atoms with van der Waals surface area (Å²) in [5.74, 6) is -0.0254. The number of Topliss-reactive ketones (excluding diaryl/α,β-unsaturated/α-hetero) is 1. The van der Waals surface area contributed by atoms with Crippen molar-refractivity contribution >= 4 is 37.4 Å². The van der Waals surface area contributed by atoms with E-state index in [1.54, 1.807) is 40.7 Å². The van der Waals surface area contributed by atoms with Gasteiger partial charge in [-0.3, -0.25) is 4.79 Å². The summed E-state index contributed by atoms with van der Waals surface area (Å²) in [5, 5.41) is 3.05. The Bertz CT molecular complexity index is 859. The van der Waals surface area contributed by atoms with Gasteiger partial charge in [0.15, 0.2) is 5.78 Å². The highest BCUT2D eigenvalue weighted by molar-refractivity contribution is 9.10. The van der Waals surface area contributed by atoms with Gasteiger partial charge in [0.25, 0.3) is 0 Å². The summed E-state index contributed by atoms with van der Waals surface area (Å²) in [5.41, 5.74) is 1.35. The maximum atomic E-state index is 12.6. The number of rotatable bonds is 6. The molecule has 138 valence electrons. The lowest BCUT2D eigenvalue weighted by atomic mass is 10.1. The SMILES string of the molecule is O=C(CNc1ccc(S(=O)(=O)N2CCCCC2)cc1)c1ccc(Br)cc1. The largest absolute Gasteiger partial charge is 0.378 e. The molecule has 1 fully saturated rings. The molecule has 5 nitrogen and oxygen atoms in total. The van der Waals surface area contributed by atoms with Gasteiger partial charge in [0.1, 0.15) is 0 Å². The Labute approximate surface area is 162 Å². The van der Waals surface area contributed by atoms with Gasteiger partial charge in [-0.05, 0) is 49.2 Å². The van der Waals surface area contributed by atoms with E-state index in [4.69, 9.17) is 0 Å². The number of ketones is 1. The molecule has 1 aliphatic rings. The molecule has 1 N–H and O–H groups in total. The summed E-state index contributed by atoms with van der Waals surface area (Å²) < 4.78 is 27.7. The van der Waals surface area contributed by atoms with Gasteiger partial charge in [0, 0.05) is 28.8 Å². The molecule has 0 radical (unpaired) electrons. The van der Waals surface area contributed by atoms with Gasteiger partial charge in [-0.2, -0.15) is 4.31 Å². The van der Waals surface area contributed by atoms with E-state index in [1.807, 2.05) is 12.1 Å². The standard InChI is InChI=1S/C19H21BrN2O3S/c20-16-6-4-15(5-7-16)19(23)14-21-17-8-10-18(11-9-17)26(24,25)22-12-2-1-3-13-22/h4-11,21H,1-3,12-14H2. The molecule has 0 spiro atoms. The first-order valence-corrected chi connectivity index (χ1v) is 10.8. The first kappa shape index (κ1) is 19.1. The van der Waals surface area contributed by atoms with E-state index in [0.29, 0.717) is 29.2 Å². The molecule has 0 aromatic heterocycles. The summed E-state index contributed by atoms with van der Waals surface area (Å²) in [6, 6.07) is 13.8. The van der Waals surface area contributed by atoms with Crippen molar-refractivity contribution in [3.63, 3.8) is 0 Å². The number of nitrogens with one attached hydrogen (secondary N) is 1. The molecule has 0 saturated carbocycles. The third kappa shape index (κ3) is 4.52. The van der Waals surface area contributed by atoms with Crippen LogP contribution in [0.3, 0.4) is 0 Å². The van der Waals surface area contributed by atoms with Crippen LogP contribution in [0.1, 0.15) is 29.6 Å². The number of benzene rings is 2. The summed E-state index contributed by atoms with van der Waals surface area (Å²) >= 11 is 3.34. The molecule has 1 saturated heterocycles. The van der Waals surface area contributed by atoms with Crippen LogP contribution in [0, 0.1) is 0 Å². The Kier molecular flexibility index (Phi) is 6.11. The van der Waals surface area contributed by atoms with Crippen molar-refractivity contribution in [2.45, 2.75) is 24.2 Å². The van der Waals surface area contributed by atoms with Gasteiger partial charge < -0.3 is 5.32 Å². The molecule has 1 heterocycles. The van der Waals surface area contributed by atoms with Crippen LogP contribution in [0.5, 0.6) is 0 Å². The normalized spacial score (nSPS) is 15.6. The van der Waals surface area contributed by atoms with E-state index in [1.165, 1.54) is 0 Å². The van der Waals surface area contributed by atoms with Gasteiger partial charge in [0.2, 0.25) is 10.0 Å². The first-order chi connectivity index (χ1) is 12.5. The van der Waals surface area contributed by atoms with Gasteiger partial charge >= 0.3 is 0 Å². The van der Waals surface area contributed by atoms with Crippen molar-refractivity contribution < 1.29 is 13.2 Å². The molecule has 2 aromatic carbocycles. The van der Waals surface area contributed by atoms with Crippen molar-refractivity contribution in [2.24, 2.45) is 0 Å². The molecule has 0 aliphatic carbocycles. The van der Waals surface area contributed by atoms with E-state index in [2.05, 4.69) is 21.2 Å². The lowest BCUT2D eigenvalue weighted by Crippen LogP contribution is -2.35. The molecular weight excluding hydrogens is 416 g/mol. The number of hydrogen-bond acceptors (Lipinski definition) is 4. The van der Waals surface area contributed by atoms with Crippen LogP contribution in [0.2, 0.25) is 0 Å². The number of sulfonamides is 1. The molecule has 3 rings (SSSR count). The highest BCUT2D eigenvalue weighted by atomic mass is 79.9. The molecule has 26 heavy (non-hydrogen) atoms. The monoisotopic (exact) mass is 436 g/mol. The minimum Gasteiger partial charge on any atom is -0.378 e. The lowest BCUT2D eigenvalue weighted by Gasteiger charge is -2.25. The molecular formula is C19H21BrN2O3S. The highest BCUT2D eigenvalue weighted by Gasteiger charge is 2.25. The summed E-state index contributed by atoms with van der Waals surface area (Å²) in [6.45, 7) is 1.33. The second-order valence-corrected chi connectivity index (χ2v) is 9.13. The van der Waals surface area contributed by atoms with Crippen LogP contribution < -0.4 is 5.32 Å². The zero-order valence-corrected chi connectivity index (χ0v) is 16.7. The van der Waals surface area contributed by atoms with Gasteiger partial charge in [-0.1, -0.05) is 34.5 Å². The third-order valence-corrected chi connectivity index (χ3v) is 6.87. The molecule has 7 heteroatoms. The van der Waals surface area contributed by atoms with Crippen LogP contribution in [-0.2, 0) is 10.0 Å². The van der Waals surface area contributed by atoms with Crippen molar-refractivity contribution in [1.29, 1.82) is 0 Å². The van der Waals surface area contributed by atoms with Crippen molar-refractivity contribution in [3.05, 3.63) is 58.6 Å². The Balaban J connectivity index is 1.62. The second-order valence-electron chi connectivity index (χ2n) is 6.27. The zero-order valence-electron chi connectivity index (χ0n) is 14.3. The molecule has 1 aliphatic heterocycles. The fourth-order valence-electron chi connectivity index (χ4n) is 2.92. The topological polar surface area (TPSA) is 66.5 Å². The molecule has 0 bridgehead atoms. The first-order valence-electron chi connectivity index (χ1n) is 8.60. The number of carbonyl (C=O) groups excluding carboxylic acids is 1. The zero-order chi connectivity index (χ0) is 18.6. The van der Waals surface area contributed by atoms with Gasteiger partial charge in [-0.15, -0.1) is 0 Å². The van der Waals surface area contributed by atoms with Crippen LogP contribution >= 0.6 is 15.9 Å². The van der Waals surface area contributed by atoms with Crippen LogP contribution in [0.25, 0.3) is 0 Å². The average Bonchev–Trinajstić information content (AvgIpc) is 2.67. The predicted octanol–water partition coefficient (Wildman–Crippen LogP) is 3.92. The minimum absolute atomic E-state index is 0.0254. The number of halogens is 1. The summed E-state index contributed by atoms with van der Waals surface area (Å²) in [4.78, 5) is 12.5. The molecule has 0 atom stereocenters. The van der Waals surface area contributed by atoms with Crippen LogP contribution in [0.15, 0.2) is 57.9 Å². The van der Waals surface area contributed by atoms with E-state index in [0.717, 1.165) is 23.7 Å². The van der Waals surface area contributed by atoms with Crippen molar-refractivity contribution in [3.8, 4) is 0 Å². The highest BCUT2D eigenvalue weighted by Crippen LogP contribution is 2.22. The maximum Gasteiger partial charge on any atom is 0.243 e. The minimum atomic E-state index is -3.42. The summed E-state index contributed by atoms with van der Waals surface area (Å²) in [6.07, 6.45) is 2.91. The maximum absolute atomic E-state index is 12.6. The van der Waals surface area contributed by atoms with E-state index in [-0.39, 0.29) is 12.3 Å². The van der Waals surface area contributed by atoms with E-state index < -0.39 is 10.0 Å².